The van der Waals surface area contributed by atoms with E-state index in [1.165, 1.54) is 4.90 Å². The highest BCUT2D eigenvalue weighted by Crippen LogP contribution is 2.27. The van der Waals surface area contributed by atoms with E-state index in [1.54, 1.807) is 20.8 Å². The van der Waals surface area contributed by atoms with Gasteiger partial charge in [0.05, 0.1) is 12.3 Å². The zero-order valence-electron chi connectivity index (χ0n) is 22.8. The Kier molecular flexibility index (Phi) is 10.4. The summed E-state index contributed by atoms with van der Waals surface area (Å²) in [6.07, 6.45) is 4.20. The first-order valence-electron chi connectivity index (χ1n) is 13.3. The van der Waals surface area contributed by atoms with E-state index >= 15 is 0 Å². The Balaban J connectivity index is 1.68. The third-order valence-corrected chi connectivity index (χ3v) is 6.69. The quantitative estimate of drug-likeness (QED) is 0.264. The van der Waals surface area contributed by atoms with Crippen LogP contribution in [-0.4, -0.2) is 66.0 Å². The number of nitrogens with zero attached hydrogens (tertiary/aromatic N) is 1. The summed E-state index contributed by atoms with van der Waals surface area (Å²) in [4.78, 5) is 52.8. The van der Waals surface area contributed by atoms with Crippen molar-refractivity contribution in [3.63, 3.8) is 0 Å². The van der Waals surface area contributed by atoms with Crippen LogP contribution in [0.2, 0.25) is 0 Å². The lowest BCUT2D eigenvalue weighted by atomic mass is 9.96. The first-order chi connectivity index (χ1) is 18.7. The summed E-state index contributed by atoms with van der Waals surface area (Å²) in [5, 5.41) is 5.43. The number of carbonyl (C=O) groups is 4. The van der Waals surface area contributed by atoms with E-state index in [0.29, 0.717) is 19.4 Å². The van der Waals surface area contributed by atoms with Gasteiger partial charge in [-0.2, -0.15) is 8.78 Å². The van der Waals surface area contributed by atoms with E-state index in [1.807, 2.05) is 0 Å². The van der Waals surface area contributed by atoms with Crippen molar-refractivity contribution >= 4 is 23.7 Å². The first-order valence-corrected chi connectivity index (χ1v) is 13.3. The number of benzene rings is 1. The minimum Gasteiger partial charge on any atom is -0.479 e. The van der Waals surface area contributed by atoms with E-state index in [9.17, 15) is 36.7 Å². The van der Waals surface area contributed by atoms with E-state index in [0.717, 1.165) is 25.7 Å². The van der Waals surface area contributed by atoms with Crippen molar-refractivity contribution < 1.29 is 46.2 Å². The number of Topliss-reactive ketones (excluding diaryl/α,β-unsaturated/α-hetero) is 1. The van der Waals surface area contributed by atoms with Gasteiger partial charge in [-0.05, 0) is 46.5 Å². The molecule has 1 saturated heterocycles. The lowest BCUT2D eigenvalue weighted by Crippen LogP contribution is -2.53. The number of amides is 3. The highest BCUT2D eigenvalue weighted by atomic mass is 19.2. The molecule has 2 fully saturated rings. The fourth-order valence-electron chi connectivity index (χ4n) is 4.72. The van der Waals surface area contributed by atoms with Crippen LogP contribution in [0.3, 0.4) is 0 Å². The van der Waals surface area contributed by atoms with Crippen molar-refractivity contribution in [2.75, 3.05) is 19.7 Å². The molecular formula is C27H35F4N3O6. The summed E-state index contributed by atoms with van der Waals surface area (Å²) in [7, 11) is 0. The summed E-state index contributed by atoms with van der Waals surface area (Å²) < 4.78 is 65.0. The Bertz CT molecular complexity index is 1090. The number of likely N-dealkylation sites (tertiary alicyclic amines) is 1. The zero-order chi connectivity index (χ0) is 29.6. The van der Waals surface area contributed by atoms with Crippen molar-refractivity contribution in [3.8, 4) is 5.75 Å². The van der Waals surface area contributed by atoms with Gasteiger partial charge in [0.1, 0.15) is 18.2 Å². The summed E-state index contributed by atoms with van der Waals surface area (Å²) in [6.45, 7) is 4.23. The number of urea groups is 1. The Morgan fingerprint density at radius 3 is 2.23 bits per heavy atom. The van der Waals surface area contributed by atoms with Crippen molar-refractivity contribution in [2.45, 2.75) is 83.4 Å². The van der Waals surface area contributed by atoms with E-state index in [4.69, 9.17) is 9.47 Å². The molecule has 9 nitrogen and oxygen atoms in total. The van der Waals surface area contributed by atoms with E-state index in [2.05, 4.69) is 10.6 Å². The number of halogens is 4. The number of hydrogen-bond acceptors (Lipinski definition) is 6. The van der Waals surface area contributed by atoms with Crippen LogP contribution in [0.15, 0.2) is 6.07 Å². The minimum absolute atomic E-state index is 0.00757. The number of esters is 1. The highest BCUT2D eigenvalue weighted by Gasteiger charge is 2.34. The number of nitrogens with one attached hydrogen (secondary N) is 2. The van der Waals surface area contributed by atoms with Gasteiger partial charge < -0.3 is 25.0 Å². The van der Waals surface area contributed by atoms with Crippen LogP contribution < -0.4 is 15.4 Å². The zero-order valence-corrected chi connectivity index (χ0v) is 22.8. The maximum Gasteiger partial charge on any atom is 0.317 e. The molecule has 3 rings (SSSR count). The van der Waals surface area contributed by atoms with Gasteiger partial charge in [0.15, 0.2) is 23.2 Å². The lowest BCUT2D eigenvalue weighted by Gasteiger charge is -2.33. The number of piperidine rings is 1. The monoisotopic (exact) mass is 573 g/mol. The average Bonchev–Trinajstić information content (AvgIpc) is 3.39. The van der Waals surface area contributed by atoms with Crippen molar-refractivity contribution in [1.82, 2.24) is 15.5 Å². The molecule has 13 heteroatoms. The number of ether oxygens (including phenoxy) is 2. The van der Waals surface area contributed by atoms with Gasteiger partial charge in [0, 0.05) is 25.2 Å². The molecule has 2 aliphatic rings. The van der Waals surface area contributed by atoms with Gasteiger partial charge >= 0.3 is 12.0 Å². The van der Waals surface area contributed by atoms with Gasteiger partial charge in [-0.1, -0.05) is 12.8 Å². The second kappa shape index (κ2) is 13.3. The van der Waals surface area contributed by atoms with E-state index in [-0.39, 0.29) is 24.7 Å². The molecule has 1 heterocycles. The smallest absolute Gasteiger partial charge is 0.317 e. The van der Waals surface area contributed by atoms with Crippen LogP contribution >= 0.6 is 0 Å². The molecule has 1 saturated carbocycles. The van der Waals surface area contributed by atoms with Gasteiger partial charge in [-0.25, -0.2) is 13.6 Å². The van der Waals surface area contributed by atoms with Gasteiger partial charge in [0.25, 0.3) is 0 Å². The molecule has 1 aromatic rings. The molecule has 0 spiro atoms. The summed E-state index contributed by atoms with van der Waals surface area (Å²) in [5.41, 5.74) is -0.910. The number of carbonyl (C=O) groups excluding carboxylic acids is 4. The number of rotatable bonds is 9. The molecule has 1 aliphatic heterocycles. The topological polar surface area (TPSA) is 114 Å². The lowest BCUT2D eigenvalue weighted by molar-refractivity contribution is -0.156. The fraction of sp³-hybridized carbons (Fsp3) is 0.630. The normalized spacial score (nSPS) is 18.7. The molecule has 1 aromatic carbocycles. The molecule has 3 amide bonds. The molecule has 0 bridgehead atoms. The third-order valence-electron chi connectivity index (χ3n) is 6.69. The summed E-state index contributed by atoms with van der Waals surface area (Å²) in [5.74, 6) is -11.7. The third kappa shape index (κ3) is 8.56. The summed E-state index contributed by atoms with van der Waals surface area (Å²) >= 11 is 0. The van der Waals surface area contributed by atoms with Crippen LogP contribution in [0, 0.1) is 29.2 Å². The van der Waals surface area contributed by atoms with Gasteiger partial charge in [0.2, 0.25) is 17.5 Å². The molecule has 1 aliphatic carbocycles. The van der Waals surface area contributed by atoms with Crippen LogP contribution in [-0.2, 0) is 19.1 Å². The molecular weight excluding hydrogens is 538 g/mol. The predicted octanol–water partition coefficient (Wildman–Crippen LogP) is 3.77. The van der Waals surface area contributed by atoms with Crippen LogP contribution in [0.1, 0.15) is 65.7 Å². The molecule has 0 aromatic heterocycles. The standard InChI is InChI=1S/C27H35F4N3O6/c1-27(2,3)40-21(36)12-19(20(35)14-39-24-22(30)17(28)11-18(29)23(24)31)33-25(37)15-7-6-10-34(13-15)26(38)32-16-8-4-5-9-16/h11,15-16,19H,4-10,12-14H2,1-3H3,(H,32,38)(H,33,37)/t15-,19+/m1/s1. The molecule has 222 valence electrons. The van der Waals surface area contributed by atoms with Crippen LogP contribution in [0.25, 0.3) is 0 Å². The Morgan fingerprint density at radius 1 is 1.00 bits per heavy atom. The first kappa shape index (κ1) is 31.2. The van der Waals surface area contributed by atoms with E-state index < -0.39 is 77.3 Å². The Hall–Kier alpha value is -3.38. The molecule has 2 N–H and O–H groups in total. The minimum atomic E-state index is -1.84. The Morgan fingerprint density at radius 2 is 1.62 bits per heavy atom. The second-order valence-corrected chi connectivity index (χ2v) is 11.1. The second-order valence-electron chi connectivity index (χ2n) is 11.1. The maximum atomic E-state index is 14.0. The van der Waals surface area contributed by atoms with Crippen LogP contribution in [0.4, 0.5) is 22.4 Å². The summed E-state index contributed by atoms with van der Waals surface area (Å²) in [6, 6.07) is -1.72. The molecule has 40 heavy (non-hydrogen) atoms. The van der Waals surface area contributed by atoms with Crippen molar-refractivity contribution in [3.05, 3.63) is 29.3 Å². The number of hydrogen-bond donors (Lipinski definition) is 2. The highest BCUT2D eigenvalue weighted by molar-refractivity contribution is 5.93. The number of ketones is 1. The van der Waals surface area contributed by atoms with Gasteiger partial charge in [-0.3, -0.25) is 14.4 Å². The van der Waals surface area contributed by atoms with Crippen molar-refractivity contribution in [2.24, 2.45) is 5.92 Å². The average molecular weight is 574 g/mol. The van der Waals surface area contributed by atoms with Gasteiger partial charge in [-0.15, -0.1) is 0 Å². The maximum absolute atomic E-state index is 14.0. The molecule has 2 atom stereocenters. The largest absolute Gasteiger partial charge is 0.479 e. The van der Waals surface area contributed by atoms with Crippen molar-refractivity contribution in [1.29, 1.82) is 0 Å². The Labute approximate surface area is 229 Å². The molecule has 0 unspecified atom stereocenters. The predicted molar refractivity (Wildman–Crippen MR) is 134 cm³/mol. The fourth-order valence-corrected chi connectivity index (χ4v) is 4.72. The SMILES string of the molecule is CC(C)(C)OC(=O)C[C@H](NC(=O)[C@@H]1CCCN(C(=O)NC2CCCC2)C1)C(=O)COc1c(F)c(F)cc(F)c1F. The van der Waals surface area contributed by atoms with Crippen LogP contribution in [0.5, 0.6) is 5.75 Å². The molecule has 0 radical (unpaired) electrons.